The minimum Gasteiger partial charge on any atom is -0.0730 e. The van der Waals surface area contributed by atoms with Crippen molar-refractivity contribution in [3.8, 4) is 0 Å². The largest absolute Gasteiger partial charge is 0.161 e. The molecule has 0 saturated carbocycles. The molecule has 0 aromatic heterocycles. The molecule has 0 nitrogen and oxygen atoms in total. The molecule has 1 aliphatic rings. The maximum absolute atomic E-state index is 2.86. The van der Waals surface area contributed by atoms with Gasteiger partial charge in [0.05, 0.1) is 16.1 Å². The van der Waals surface area contributed by atoms with Crippen LogP contribution in [0.4, 0.5) is 0 Å². The van der Waals surface area contributed by atoms with Gasteiger partial charge in [0.25, 0.3) is 0 Å². The highest BCUT2D eigenvalue weighted by molar-refractivity contribution is 7.14. The molecule has 248 valence electrons. The van der Waals surface area contributed by atoms with Gasteiger partial charge >= 0.3 is 0 Å². The van der Waals surface area contributed by atoms with Gasteiger partial charge < -0.3 is 0 Å². The zero-order valence-electron chi connectivity index (χ0n) is 32.8. The van der Waals surface area contributed by atoms with E-state index in [2.05, 4.69) is 183 Å². The Labute approximate surface area is 286 Å². The third-order valence-electron chi connectivity index (χ3n) is 11.1. The molecule has 2 atom stereocenters. The van der Waals surface area contributed by atoms with Crippen LogP contribution in [0.3, 0.4) is 0 Å². The molecule has 0 bridgehead atoms. The van der Waals surface area contributed by atoms with E-state index in [4.69, 9.17) is 0 Å². The Morgan fingerprint density at radius 3 is 1.20 bits per heavy atom. The Bertz CT molecular complexity index is 1560. The van der Waals surface area contributed by atoms with Gasteiger partial charge in [0, 0.05) is 5.04 Å². The van der Waals surface area contributed by atoms with Crippen LogP contribution in [0.15, 0.2) is 77.4 Å². The van der Waals surface area contributed by atoms with Crippen LogP contribution in [-0.2, 0) is 10.8 Å². The first-order chi connectivity index (χ1) is 20.7. The van der Waals surface area contributed by atoms with Crippen LogP contribution in [-0.4, -0.2) is 24.2 Å². The molecule has 3 aromatic carbocycles. The molecule has 0 aliphatic heterocycles. The Balaban J connectivity index is 2.45. The molecular formula is C43H64Si3. The van der Waals surface area contributed by atoms with Crippen molar-refractivity contribution < 1.29 is 0 Å². The average Bonchev–Trinajstić information content (AvgIpc) is 3.09. The van der Waals surface area contributed by atoms with Crippen molar-refractivity contribution in [2.75, 3.05) is 0 Å². The molecule has 0 heterocycles. The van der Waals surface area contributed by atoms with E-state index in [0.29, 0.717) is 0 Å². The lowest BCUT2D eigenvalue weighted by molar-refractivity contribution is 0.569. The van der Waals surface area contributed by atoms with Gasteiger partial charge in [-0.25, -0.2) is 0 Å². The Morgan fingerprint density at radius 1 is 0.478 bits per heavy atom. The second-order valence-electron chi connectivity index (χ2n) is 19.0. The Hall–Kier alpha value is -2.21. The van der Waals surface area contributed by atoms with Gasteiger partial charge in [0.1, 0.15) is 0 Å². The quantitative estimate of drug-likeness (QED) is 0.182. The lowest BCUT2D eigenvalue weighted by atomic mass is 9.81. The van der Waals surface area contributed by atoms with Gasteiger partial charge in [-0.05, 0) is 77.7 Å². The number of hydrogen-bond acceptors (Lipinski definition) is 0. The molecule has 3 aromatic rings. The van der Waals surface area contributed by atoms with Crippen LogP contribution in [0.5, 0.6) is 0 Å². The summed E-state index contributed by atoms with van der Waals surface area (Å²) >= 11 is 0. The van der Waals surface area contributed by atoms with Gasteiger partial charge in [-0.2, -0.15) is 0 Å². The first-order valence-electron chi connectivity index (χ1n) is 17.5. The predicted molar refractivity (Wildman–Crippen MR) is 217 cm³/mol. The number of hydrogen-bond donors (Lipinski definition) is 0. The molecule has 0 fully saturated rings. The van der Waals surface area contributed by atoms with Crippen molar-refractivity contribution in [1.82, 2.24) is 0 Å². The first-order valence-corrected chi connectivity index (χ1v) is 26.5. The number of rotatable bonds is 6. The zero-order chi connectivity index (χ0) is 35.0. The van der Waals surface area contributed by atoms with E-state index in [-0.39, 0.29) is 15.9 Å². The van der Waals surface area contributed by atoms with Crippen molar-refractivity contribution in [3.05, 3.63) is 99.6 Å². The first kappa shape index (κ1) is 36.6. The summed E-state index contributed by atoms with van der Waals surface area (Å²) in [7, 11) is -6.15. The number of allylic oxidation sites excluding steroid dienone is 4. The van der Waals surface area contributed by atoms with Crippen molar-refractivity contribution in [1.29, 1.82) is 0 Å². The minimum absolute atomic E-state index is 0.0332. The van der Waals surface area contributed by atoms with Crippen molar-refractivity contribution >= 4 is 50.2 Å². The predicted octanol–water partition coefficient (Wildman–Crippen LogP) is 9.52. The highest BCUT2D eigenvalue weighted by atomic mass is 28.3. The monoisotopic (exact) mass is 664 g/mol. The Morgan fingerprint density at radius 2 is 0.848 bits per heavy atom. The molecule has 3 heteroatoms. The van der Waals surface area contributed by atoms with E-state index in [1.54, 1.807) is 31.5 Å². The normalized spacial score (nSPS) is 19.4. The fourth-order valence-corrected chi connectivity index (χ4v) is 16.9. The third kappa shape index (κ3) is 6.45. The second kappa shape index (κ2) is 11.7. The van der Waals surface area contributed by atoms with E-state index in [1.165, 1.54) is 33.4 Å². The Kier molecular flexibility index (Phi) is 9.35. The van der Waals surface area contributed by atoms with Crippen LogP contribution >= 0.6 is 0 Å². The van der Waals surface area contributed by atoms with Gasteiger partial charge in [0.15, 0.2) is 8.07 Å². The van der Waals surface area contributed by atoms with E-state index < -0.39 is 24.2 Å². The van der Waals surface area contributed by atoms with Crippen molar-refractivity contribution in [2.45, 2.75) is 138 Å². The molecule has 4 rings (SSSR count). The summed E-state index contributed by atoms with van der Waals surface area (Å²) < 4.78 is 0. The molecule has 0 amide bonds. The van der Waals surface area contributed by atoms with Gasteiger partial charge in [-0.3, -0.25) is 0 Å². The lowest BCUT2D eigenvalue weighted by Gasteiger charge is -2.48. The molecule has 0 radical (unpaired) electrons. The van der Waals surface area contributed by atoms with Crippen LogP contribution in [0.25, 0.3) is 0 Å². The van der Waals surface area contributed by atoms with E-state index in [0.717, 1.165) is 0 Å². The summed E-state index contributed by atoms with van der Waals surface area (Å²) in [5, 5.41) is 7.78. The van der Waals surface area contributed by atoms with Crippen LogP contribution in [0, 0.1) is 13.8 Å². The molecule has 1 aliphatic carbocycles. The van der Waals surface area contributed by atoms with E-state index in [1.807, 2.05) is 0 Å². The summed E-state index contributed by atoms with van der Waals surface area (Å²) in [4.78, 5) is 0. The van der Waals surface area contributed by atoms with Crippen LogP contribution in [0.2, 0.25) is 44.3 Å². The molecule has 2 unspecified atom stereocenters. The zero-order valence-corrected chi connectivity index (χ0v) is 35.8. The summed E-state index contributed by atoms with van der Waals surface area (Å²) in [6, 6.07) is 23.4. The smallest absolute Gasteiger partial charge is 0.0730 e. The fourth-order valence-electron chi connectivity index (χ4n) is 7.74. The number of aryl methyl sites for hydroxylation is 2. The number of benzene rings is 3. The fraction of sp³-hybridized carbons (Fsp3) is 0.488. The summed E-state index contributed by atoms with van der Waals surface area (Å²) in [6.07, 6.45) is 2.69. The maximum atomic E-state index is 2.72. The van der Waals surface area contributed by atoms with Gasteiger partial charge in [-0.1, -0.05) is 181 Å². The minimum atomic E-state index is -2.86. The summed E-state index contributed by atoms with van der Waals surface area (Å²) in [5.41, 5.74) is 10.1. The summed E-state index contributed by atoms with van der Waals surface area (Å²) in [6.45, 7) is 44.0. The topological polar surface area (TPSA) is 0 Å². The second-order valence-corrected chi connectivity index (χ2v) is 33.4. The lowest BCUT2D eigenvalue weighted by Crippen LogP contribution is -2.74. The van der Waals surface area contributed by atoms with Gasteiger partial charge in [-0.15, -0.1) is 0 Å². The van der Waals surface area contributed by atoms with E-state index in [9.17, 15) is 0 Å². The molecular weight excluding hydrogens is 601 g/mol. The van der Waals surface area contributed by atoms with E-state index >= 15 is 0 Å². The standard InChI is InChI=1S/C43H64Si3/c1-29-19-30(2)21-38(20-29)46(43(12)28-31(3)32(4)33(43)5,39-23-34(41(6,7)8)22-35(24-39)42(9,10)11)40-26-36(44(13,14)15)25-37(27-40)45(16,17)18/h19-28H,1-18H3. The highest BCUT2D eigenvalue weighted by Gasteiger charge is 2.57. The van der Waals surface area contributed by atoms with Gasteiger partial charge in [0.2, 0.25) is 0 Å². The average molecular weight is 665 g/mol. The summed E-state index contributed by atoms with van der Waals surface area (Å²) in [5.74, 6) is 0. The third-order valence-corrected chi connectivity index (χ3v) is 20.7. The SMILES string of the molecule is CC1=CC(C)([Si](c2cc(C)cc(C)c2)(c2cc(C(C)(C)C)cc(C(C)(C)C)c2)c2cc([Si](C)(C)C)cc([Si](C)(C)C)c2)C(C)=C1C. The van der Waals surface area contributed by atoms with Crippen molar-refractivity contribution in [3.63, 3.8) is 0 Å². The molecule has 0 N–H and O–H groups in total. The highest BCUT2D eigenvalue weighted by Crippen LogP contribution is 2.53. The van der Waals surface area contributed by atoms with Crippen molar-refractivity contribution in [2.24, 2.45) is 0 Å². The molecule has 46 heavy (non-hydrogen) atoms. The molecule has 0 saturated heterocycles. The van der Waals surface area contributed by atoms with Crippen LogP contribution < -0.4 is 25.9 Å². The molecule has 0 spiro atoms. The maximum Gasteiger partial charge on any atom is 0.161 e. The van der Waals surface area contributed by atoms with Crippen LogP contribution in [0.1, 0.15) is 91.5 Å².